The zero-order chi connectivity index (χ0) is 13.3. The van der Waals surface area contributed by atoms with E-state index in [-0.39, 0.29) is 25.2 Å². The SMILES string of the molecule is C=CC(=O)OCCOC(=O)C(=C)CC(O)CC. The lowest BCUT2D eigenvalue weighted by atomic mass is 10.1. The van der Waals surface area contributed by atoms with Crippen molar-refractivity contribution in [2.24, 2.45) is 0 Å². The number of hydrogen-bond donors (Lipinski definition) is 1. The molecule has 0 saturated carbocycles. The molecule has 0 rings (SSSR count). The second-order valence-electron chi connectivity index (χ2n) is 3.38. The Bertz CT molecular complexity index is 295. The van der Waals surface area contributed by atoms with Crippen molar-refractivity contribution in [3.05, 3.63) is 24.8 Å². The van der Waals surface area contributed by atoms with Gasteiger partial charge in [-0.3, -0.25) is 0 Å². The minimum Gasteiger partial charge on any atom is -0.459 e. The van der Waals surface area contributed by atoms with Crippen LogP contribution in [-0.2, 0) is 19.1 Å². The first-order valence-corrected chi connectivity index (χ1v) is 5.33. The van der Waals surface area contributed by atoms with Crippen LogP contribution in [0.25, 0.3) is 0 Å². The van der Waals surface area contributed by atoms with Crippen LogP contribution in [0.3, 0.4) is 0 Å². The fourth-order valence-electron chi connectivity index (χ4n) is 0.950. The molecule has 0 fully saturated rings. The molecule has 1 atom stereocenters. The molecule has 96 valence electrons. The number of esters is 2. The number of rotatable bonds is 8. The van der Waals surface area contributed by atoms with Gasteiger partial charge in [-0.1, -0.05) is 20.1 Å². The smallest absolute Gasteiger partial charge is 0.333 e. The number of carbonyl (C=O) groups is 2. The van der Waals surface area contributed by atoms with Gasteiger partial charge in [0.25, 0.3) is 0 Å². The van der Waals surface area contributed by atoms with Crippen LogP contribution in [0.1, 0.15) is 19.8 Å². The molecule has 0 saturated heterocycles. The number of hydrogen-bond acceptors (Lipinski definition) is 5. The van der Waals surface area contributed by atoms with Crippen LogP contribution in [0.5, 0.6) is 0 Å². The predicted molar refractivity (Wildman–Crippen MR) is 62.2 cm³/mol. The molecular weight excluding hydrogens is 224 g/mol. The summed E-state index contributed by atoms with van der Waals surface area (Å²) in [7, 11) is 0. The molecular formula is C12H18O5. The Kier molecular flexibility index (Phi) is 7.71. The van der Waals surface area contributed by atoms with Gasteiger partial charge in [-0.25, -0.2) is 9.59 Å². The van der Waals surface area contributed by atoms with E-state index < -0.39 is 18.0 Å². The molecule has 1 N–H and O–H groups in total. The summed E-state index contributed by atoms with van der Waals surface area (Å²) >= 11 is 0. The Hall–Kier alpha value is -1.62. The molecule has 0 heterocycles. The summed E-state index contributed by atoms with van der Waals surface area (Å²) in [5.41, 5.74) is 0.203. The third-order valence-corrected chi connectivity index (χ3v) is 1.97. The minimum absolute atomic E-state index is 0.0276. The van der Waals surface area contributed by atoms with Gasteiger partial charge in [0, 0.05) is 18.1 Å². The zero-order valence-electron chi connectivity index (χ0n) is 9.98. The number of aliphatic hydroxyl groups is 1. The molecule has 0 amide bonds. The van der Waals surface area contributed by atoms with Gasteiger partial charge in [0.1, 0.15) is 13.2 Å². The Morgan fingerprint density at radius 2 is 1.94 bits per heavy atom. The second-order valence-corrected chi connectivity index (χ2v) is 3.38. The molecule has 5 nitrogen and oxygen atoms in total. The maximum absolute atomic E-state index is 11.3. The van der Waals surface area contributed by atoms with Gasteiger partial charge in [-0.15, -0.1) is 0 Å². The van der Waals surface area contributed by atoms with Gasteiger partial charge < -0.3 is 14.6 Å². The highest BCUT2D eigenvalue weighted by atomic mass is 16.6. The van der Waals surface area contributed by atoms with E-state index in [9.17, 15) is 14.7 Å². The van der Waals surface area contributed by atoms with Gasteiger partial charge in [0.05, 0.1) is 6.10 Å². The van der Waals surface area contributed by atoms with Crippen molar-refractivity contribution in [2.75, 3.05) is 13.2 Å². The predicted octanol–water partition coefficient (Wildman–Crippen LogP) is 0.976. The van der Waals surface area contributed by atoms with E-state index in [0.717, 1.165) is 6.08 Å². The molecule has 0 aliphatic heterocycles. The monoisotopic (exact) mass is 242 g/mol. The molecule has 0 aliphatic rings. The maximum Gasteiger partial charge on any atom is 0.333 e. The van der Waals surface area contributed by atoms with Crippen LogP contribution in [0.2, 0.25) is 0 Å². The van der Waals surface area contributed by atoms with Crippen molar-refractivity contribution >= 4 is 11.9 Å². The topological polar surface area (TPSA) is 72.8 Å². The minimum atomic E-state index is -0.591. The molecule has 5 heteroatoms. The van der Waals surface area contributed by atoms with Gasteiger partial charge in [-0.05, 0) is 6.42 Å². The molecule has 17 heavy (non-hydrogen) atoms. The van der Waals surface area contributed by atoms with Crippen molar-refractivity contribution in [3.63, 3.8) is 0 Å². The Balaban J connectivity index is 3.75. The quantitative estimate of drug-likeness (QED) is 0.390. The average molecular weight is 242 g/mol. The molecule has 0 aliphatic carbocycles. The number of ether oxygens (including phenoxy) is 2. The molecule has 0 spiro atoms. The Morgan fingerprint density at radius 3 is 2.47 bits per heavy atom. The molecule has 0 bridgehead atoms. The van der Waals surface area contributed by atoms with Gasteiger partial charge in [0.2, 0.25) is 0 Å². The lowest BCUT2D eigenvalue weighted by molar-refractivity contribution is -0.146. The lowest BCUT2D eigenvalue weighted by Crippen LogP contribution is -2.16. The van der Waals surface area contributed by atoms with E-state index in [1.54, 1.807) is 6.92 Å². The van der Waals surface area contributed by atoms with E-state index >= 15 is 0 Å². The third-order valence-electron chi connectivity index (χ3n) is 1.97. The number of aliphatic hydroxyl groups excluding tert-OH is 1. The lowest BCUT2D eigenvalue weighted by Gasteiger charge is -2.10. The van der Waals surface area contributed by atoms with Crippen LogP contribution in [0.15, 0.2) is 24.8 Å². The average Bonchev–Trinajstić information content (AvgIpc) is 2.33. The highest BCUT2D eigenvalue weighted by Crippen LogP contribution is 2.07. The van der Waals surface area contributed by atoms with E-state index in [4.69, 9.17) is 4.74 Å². The van der Waals surface area contributed by atoms with Gasteiger partial charge in [-0.2, -0.15) is 0 Å². The van der Waals surface area contributed by atoms with Crippen molar-refractivity contribution in [1.82, 2.24) is 0 Å². The van der Waals surface area contributed by atoms with Crippen molar-refractivity contribution < 1.29 is 24.2 Å². The first-order chi connectivity index (χ1) is 8.01. The fraction of sp³-hybridized carbons (Fsp3) is 0.500. The van der Waals surface area contributed by atoms with E-state index in [1.165, 1.54) is 0 Å². The fourth-order valence-corrected chi connectivity index (χ4v) is 0.950. The van der Waals surface area contributed by atoms with E-state index in [2.05, 4.69) is 17.9 Å². The van der Waals surface area contributed by atoms with Gasteiger partial charge >= 0.3 is 11.9 Å². The van der Waals surface area contributed by atoms with Crippen molar-refractivity contribution in [2.45, 2.75) is 25.9 Å². The summed E-state index contributed by atoms with van der Waals surface area (Å²) in [4.78, 5) is 22.0. The van der Waals surface area contributed by atoms with Crippen molar-refractivity contribution in [1.29, 1.82) is 0 Å². The summed E-state index contributed by atoms with van der Waals surface area (Å²) in [6.07, 6.45) is 1.16. The molecule has 0 aromatic rings. The third kappa shape index (κ3) is 7.30. The maximum atomic E-state index is 11.3. The largest absolute Gasteiger partial charge is 0.459 e. The molecule has 0 aromatic heterocycles. The highest BCUT2D eigenvalue weighted by molar-refractivity contribution is 5.87. The first-order valence-electron chi connectivity index (χ1n) is 5.33. The van der Waals surface area contributed by atoms with Crippen LogP contribution >= 0.6 is 0 Å². The number of carbonyl (C=O) groups excluding carboxylic acids is 2. The highest BCUT2D eigenvalue weighted by Gasteiger charge is 2.12. The van der Waals surface area contributed by atoms with Crippen LogP contribution in [-0.4, -0.2) is 36.4 Å². The summed E-state index contributed by atoms with van der Waals surface area (Å²) in [6.45, 7) is 8.47. The van der Waals surface area contributed by atoms with Crippen LogP contribution < -0.4 is 0 Å². The van der Waals surface area contributed by atoms with Crippen molar-refractivity contribution in [3.8, 4) is 0 Å². The first kappa shape index (κ1) is 15.4. The Morgan fingerprint density at radius 1 is 1.35 bits per heavy atom. The summed E-state index contributed by atoms with van der Waals surface area (Å²) < 4.78 is 9.39. The zero-order valence-corrected chi connectivity index (χ0v) is 9.98. The summed E-state index contributed by atoms with van der Waals surface area (Å²) in [5.74, 6) is -1.16. The van der Waals surface area contributed by atoms with E-state index in [0.29, 0.717) is 6.42 Å². The summed E-state index contributed by atoms with van der Waals surface area (Å²) in [5, 5.41) is 9.30. The normalized spacial score (nSPS) is 11.4. The van der Waals surface area contributed by atoms with E-state index in [1.807, 2.05) is 0 Å². The van der Waals surface area contributed by atoms with Crippen LogP contribution in [0, 0.1) is 0 Å². The second kappa shape index (κ2) is 8.52. The van der Waals surface area contributed by atoms with Crippen LogP contribution in [0.4, 0.5) is 0 Å². The molecule has 0 radical (unpaired) electrons. The standard InChI is InChI=1S/C12H18O5/c1-4-10(13)8-9(3)12(15)17-7-6-16-11(14)5-2/h5,10,13H,2-4,6-8H2,1H3. The molecule has 0 aromatic carbocycles. The Labute approximate surface area is 101 Å². The van der Waals surface area contributed by atoms with Gasteiger partial charge in [0.15, 0.2) is 0 Å². The molecule has 1 unspecified atom stereocenters. The summed E-state index contributed by atoms with van der Waals surface area (Å²) in [6, 6.07) is 0.